The van der Waals surface area contributed by atoms with Gasteiger partial charge in [-0.25, -0.2) is 4.18 Å². The van der Waals surface area contributed by atoms with Crippen LogP contribution in [0.3, 0.4) is 0 Å². The molecular weight excluding hydrogens is 232 g/mol. The van der Waals surface area contributed by atoms with E-state index in [9.17, 15) is 23.7 Å². The molecule has 1 saturated heterocycles. The first-order valence-corrected chi connectivity index (χ1v) is 5.44. The van der Waals surface area contributed by atoms with E-state index < -0.39 is 41.1 Å². The van der Waals surface area contributed by atoms with Gasteiger partial charge < -0.3 is 20.1 Å². The van der Waals surface area contributed by atoms with Gasteiger partial charge in [0.25, 0.3) is 0 Å². The Kier molecular flexibility index (Phi) is 3.66. The topological polar surface area (TPSA) is 134 Å². The smallest absolute Gasteiger partial charge is 0.388 e. The van der Waals surface area contributed by atoms with E-state index in [4.69, 9.17) is 9.29 Å². The molecule has 0 radical (unpaired) electrons. The van der Waals surface area contributed by atoms with Crippen LogP contribution in [0.5, 0.6) is 0 Å². The van der Waals surface area contributed by atoms with Crippen molar-refractivity contribution in [3.8, 4) is 0 Å². The van der Waals surface area contributed by atoms with Crippen molar-refractivity contribution < 1.29 is 37.2 Å². The van der Waals surface area contributed by atoms with Crippen molar-refractivity contribution in [1.29, 1.82) is 0 Å². The van der Waals surface area contributed by atoms with Crippen LogP contribution in [0.15, 0.2) is 0 Å². The van der Waals surface area contributed by atoms with E-state index in [1.54, 1.807) is 0 Å². The average molecular weight is 244 g/mol. The second kappa shape index (κ2) is 4.29. The van der Waals surface area contributed by atoms with Crippen molar-refractivity contribution >= 4 is 10.4 Å². The summed E-state index contributed by atoms with van der Waals surface area (Å²) in [6, 6.07) is 0. The van der Waals surface area contributed by atoms with E-state index in [0.29, 0.717) is 0 Å². The number of rotatable bonds is 2. The molecule has 1 aliphatic heterocycles. The molecule has 1 aliphatic rings. The zero-order valence-electron chi connectivity index (χ0n) is 7.72. The Balaban J connectivity index is 2.75. The number of hydrogen-bond donors (Lipinski definition) is 4. The Labute approximate surface area is 86.0 Å². The first-order valence-electron chi connectivity index (χ1n) is 4.07. The molecule has 0 spiro atoms. The van der Waals surface area contributed by atoms with Crippen LogP contribution in [0.25, 0.3) is 0 Å². The fourth-order valence-corrected chi connectivity index (χ4v) is 1.61. The van der Waals surface area contributed by atoms with Crippen LogP contribution in [-0.4, -0.2) is 59.0 Å². The van der Waals surface area contributed by atoms with Gasteiger partial charge in [-0.3, -0.25) is 4.55 Å². The molecule has 9 heteroatoms. The summed E-state index contributed by atoms with van der Waals surface area (Å²) in [4.78, 5) is 0. The lowest BCUT2D eigenvalue weighted by molar-refractivity contribution is -0.268. The molecule has 0 aromatic heterocycles. The highest BCUT2D eigenvalue weighted by Crippen LogP contribution is 2.22. The lowest BCUT2D eigenvalue weighted by Gasteiger charge is -2.37. The Morgan fingerprint density at radius 2 is 1.67 bits per heavy atom. The molecule has 1 unspecified atom stereocenters. The molecular formula is C6H12O8S. The predicted octanol–water partition coefficient (Wildman–Crippen LogP) is -2.37. The molecule has 0 amide bonds. The number of hydrogen-bond acceptors (Lipinski definition) is 7. The van der Waals surface area contributed by atoms with E-state index in [0.717, 1.165) is 0 Å². The first kappa shape index (κ1) is 12.8. The van der Waals surface area contributed by atoms with Gasteiger partial charge in [0.2, 0.25) is 6.29 Å². The standard InChI is InChI=1S/C6H12O8S/c1-2-3(7)4(8)5(9)6(13-2)14-15(10,11)12/h2-9H,1H3,(H,10,11,12)/t2-,3-,4+,5+,6?/m1/s1. The minimum atomic E-state index is -4.80. The van der Waals surface area contributed by atoms with Gasteiger partial charge in [-0.05, 0) is 6.92 Å². The fourth-order valence-electron chi connectivity index (χ4n) is 1.21. The van der Waals surface area contributed by atoms with Crippen LogP contribution in [0.1, 0.15) is 6.92 Å². The quantitative estimate of drug-likeness (QED) is 0.396. The molecule has 15 heavy (non-hydrogen) atoms. The molecule has 8 nitrogen and oxygen atoms in total. The van der Waals surface area contributed by atoms with Gasteiger partial charge in [-0.2, -0.15) is 8.42 Å². The van der Waals surface area contributed by atoms with E-state index in [2.05, 4.69) is 4.18 Å². The molecule has 1 fully saturated rings. The minimum absolute atomic E-state index is 0.935. The molecule has 5 atom stereocenters. The zero-order chi connectivity index (χ0) is 11.8. The Hall–Kier alpha value is -0.290. The zero-order valence-corrected chi connectivity index (χ0v) is 8.53. The minimum Gasteiger partial charge on any atom is -0.388 e. The molecule has 0 aliphatic carbocycles. The van der Waals surface area contributed by atoms with Gasteiger partial charge in [0.05, 0.1) is 6.10 Å². The van der Waals surface area contributed by atoms with Gasteiger partial charge in [-0.15, -0.1) is 0 Å². The second-order valence-corrected chi connectivity index (χ2v) is 4.25. The highest BCUT2D eigenvalue weighted by molar-refractivity contribution is 7.80. The van der Waals surface area contributed by atoms with E-state index in [-0.39, 0.29) is 0 Å². The SMILES string of the molecule is C[C@H]1OC(OS(=O)(=O)O)[C@@H](O)[C@@H](O)[C@@H]1O. The molecule has 4 N–H and O–H groups in total. The van der Waals surface area contributed by atoms with Crippen molar-refractivity contribution in [2.75, 3.05) is 0 Å². The second-order valence-electron chi connectivity index (χ2n) is 3.21. The van der Waals surface area contributed by atoms with Gasteiger partial charge in [-0.1, -0.05) is 0 Å². The Morgan fingerprint density at radius 3 is 2.13 bits per heavy atom. The van der Waals surface area contributed by atoms with Crippen molar-refractivity contribution in [2.45, 2.75) is 37.6 Å². The van der Waals surface area contributed by atoms with Crippen molar-refractivity contribution in [2.24, 2.45) is 0 Å². The van der Waals surface area contributed by atoms with Crippen LogP contribution in [0.4, 0.5) is 0 Å². The third-order valence-electron chi connectivity index (χ3n) is 2.02. The fraction of sp³-hybridized carbons (Fsp3) is 1.00. The van der Waals surface area contributed by atoms with Crippen LogP contribution in [0, 0.1) is 0 Å². The summed E-state index contributed by atoms with van der Waals surface area (Å²) in [5.41, 5.74) is 0. The Morgan fingerprint density at radius 1 is 1.13 bits per heavy atom. The van der Waals surface area contributed by atoms with E-state index >= 15 is 0 Å². The lowest BCUT2D eigenvalue weighted by atomic mass is 10.0. The Bertz CT molecular complexity index is 313. The maximum atomic E-state index is 10.3. The summed E-state index contributed by atoms with van der Waals surface area (Å²) in [7, 11) is -4.80. The van der Waals surface area contributed by atoms with Crippen LogP contribution in [0.2, 0.25) is 0 Å². The maximum absolute atomic E-state index is 10.3. The maximum Gasteiger partial charge on any atom is 0.399 e. The summed E-state index contributed by atoms with van der Waals surface area (Å²) in [6.45, 7) is 1.35. The summed E-state index contributed by atoms with van der Waals surface area (Å²) in [5.74, 6) is 0. The van der Waals surface area contributed by atoms with Gasteiger partial charge >= 0.3 is 10.4 Å². The van der Waals surface area contributed by atoms with Crippen molar-refractivity contribution in [1.82, 2.24) is 0 Å². The molecule has 90 valence electrons. The molecule has 1 heterocycles. The van der Waals surface area contributed by atoms with Crippen molar-refractivity contribution in [3.05, 3.63) is 0 Å². The predicted molar refractivity (Wildman–Crippen MR) is 45.0 cm³/mol. The average Bonchev–Trinajstić information content (AvgIpc) is 2.08. The molecule has 0 aromatic rings. The summed E-state index contributed by atoms with van der Waals surface area (Å²) in [5, 5.41) is 27.7. The van der Waals surface area contributed by atoms with Crippen LogP contribution < -0.4 is 0 Å². The third kappa shape index (κ3) is 3.08. The number of aliphatic hydroxyl groups is 3. The molecule has 1 rings (SSSR count). The third-order valence-corrected chi connectivity index (χ3v) is 2.46. The highest BCUT2D eigenvalue weighted by Gasteiger charge is 2.44. The van der Waals surface area contributed by atoms with E-state index in [1.807, 2.05) is 0 Å². The van der Waals surface area contributed by atoms with E-state index in [1.165, 1.54) is 6.92 Å². The normalized spacial score (nSPS) is 42.9. The molecule has 0 bridgehead atoms. The van der Waals surface area contributed by atoms with Crippen LogP contribution in [-0.2, 0) is 19.3 Å². The highest BCUT2D eigenvalue weighted by atomic mass is 32.3. The van der Waals surface area contributed by atoms with Gasteiger partial charge in [0, 0.05) is 0 Å². The summed E-state index contributed by atoms with van der Waals surface area (Å²) >= 11 is 0. The first-order chi connectivity index (χ1) is 6.72. The summed E-state index contributed by atoms with van der Waals surface area (Å²) < 4.78 is 37.7. The van der Waals surface area contributed by atoms with Gasteiger partial charge in [0.1, 0.15) is 18.3 Å². The largest absolute Gasteiger partial charge is 0.399 e. The summed E-state index contributed by atoms with van der Waals surface area (Å²) in [6.07, 6.45) is -7.41. The lowest BCUT2D eigenvalue weighted by Crippen LogP contribution is -2.57. The van der Waals surface area contributed by atoms with Crippen molar-refractivity contribution in [3.63, 3.8) is 0 Å². The van der Waals surface area contributed by atoms with Gasteiger partial charge in [0.15, 0.2) is 0 Å². The molecule has 0 saturated carbocycles. The monoisotopic (exact) mass is 244 g/mol. The molecule has 0 aromatic carbocycles. The van der Waals surface area contributed by atoms with Crippen LogP contribution >= 0.6 is 0 Å². The number of aliphatic hydroxyl groups excluding tert-OH is 3. The number of ether oxygens (including phenoxy) is 1.